The van der Waals surface area contributed by atoms with E-state index in [9.17, 15) is 4.79 Å². The summed E-state index contributed by atoms with van der Waals surface area (Å²) in [5.74, 6) is 0. The van der Waals surface area contributed by atoms with Gasteiger partial charge in [0.1, 0.15) is 0 Å². The number of hydrogen-bond acceptors (Lipinski definition) is 1. The summed E-state index contributed by atoms with van der Waals surface area (Å²) in [6.07, 6.45) is 0. The number of aryl methyl sites for hydroxylation is 2. The molecule has 2 rings (SSSR count). The predicted octanol–water partition coefficient (Wildman–Crippen LogP) is 2.50. The fourth-order valence-corrected chi connectivity index (χ4v) is 1.35. The van der Waals surface area contributed by atoms with Crippen molar-refractivity contribution in [3.63, 3.8) is 0 Å². The Morgan fingerprint density at radius 1 is 1.07 bits per heavy atom. The van der Waals surface area contributed by atoms with Crippen molar-refractivity contribution in [1.29, 1.82) is 0 Å². The monoisotopic (exact) mass is 192 g/mol. The van der Waals surface area contributed by atoms with Crippen molar-refractivity contribution in [3.8, 4) is 0 Å². The number of aromatic nitrogens is 2. The number of benzene rings is 1. The summed E-state index contributed by atoms with van der Waals surface area (Å²) in [7, 11) is 0. The molecule has 0 unspecified atom stereocenters. The summed E-state index contributed by atoms with van der Waals surface area (Å²) in [5.41, 5.74) is 3.98. The molecule has 3 nitrogen and oxygen atoms in total. The van der Waals surface area contributed by atoms with E-state index in [1.54, 1.807) is 0 Å². The van der Waals surface area contributed by atoms with Crippen molar-refractivity contribution >= 4 is 11.0 Å². The highest BCUT2D eigenvalue weighted by Gasteiger charge is 2.01. The minimum absolute atomic E-state index is 0.140. The Balaban J connectivity index is 0.000000461. The van der Waals surface area contributed by atoms with Crippen LogP contribution in [-0.4, -0.2) is 9.97 Å². The summed E-state index contributed by atoms with van der Waals surface area (Å²) in [6.45, 7) is 8.03. The van der Waals surface area contributed by atoms with Gasteiger partial charge in [-0.3, -0.25) is 0 Å². The molecule has 2 aromatic rings. The lowest BCUT2D eigenvalue weighted by molar-refractivity contribution is 1.21. The van der Waals surface area contributed by atoms with E-state index < -0.39 is 0 Å². The van der Waals surface area contributed by atoms with Crippen LogP contribution in [0.5, 0.6) is 0 Å². The van der Waals surface area contributed by atoms with Crippen molar-refractivity contribution in [2.75, 3.05) is 0 Å². The van der Waals surface area contributed by atoms with E-state index >= 15 is 0 Å². The zero-order valence-electron chi connectivity index (χ0n) is 9.06. The van der Waals surface area contributed by atoms with E-state index in [1.165, 1.54) is 5.56 Å². The third kappa shape index (κ3) is 1.71. The molecule has 0 radical (unpaired) electrons. The molecule has 0 amide bonds. The Labute approximate surface area is 83.2 Å². The van der Waals surface area contributed by atoms with Crippen LogP contribution in [0.2, 0.25) is 0 Å². The average Bonchev–Trinajstić information content (AvgIpc) is 2.57. The molecule has 0 saturated carbocycles. The largest absolute Gasteiger partial charge is 0.323 e. The van der Waals surface area contributed by atoms with Crippen LogP contribution < -0.4 is 5.69 Å². The zero-order valence-corrected chi connectivity index (χ0v) is 9.06. The van der Waals surface area contributed by atoms with E-state index in [-0.39, 0.29) is 5.69 Å². The fourth-order valence-electron chi connectivity index (χ4n) is 1.35. The summed E-state index contributed by atoms with van der Waals surface area (Å²) in [5, 5.41) is 0. The smallest absolute Gasteiger partial charge is 0.306 e. The predicted molar refractivity (Wildman–Crippen MR) is 59.7 cm³/mol. The standard InChI is InChI=1S/C9H10N2O.C2H6/c1-5-3-4-7-8(6(5)2)11-9(12)10-7;1-2/h3-4H,1-2H3,(H2,10,11,12);1-2H3. The van der Waals surface area contributed by atoms with Gasteiger partial charge in [0.05, 0.1) is 11.0 Å². The summed E-state index contributed by atoms with van der Waals surface area (Å²) < 4.78 is 0. The minimum atomic E-state index is -0.140. The molecular formula is C11H16N2O. The topological polar surface area (TPSA) is 48.6 Å². The first-order chi connectivity index (χ1) is 6.68. The molecule has 0 aliphatic rings. The number of hydrogen-bond donors (Lipinski definition) is 2. The van der Waals surface area contributed by atoms with Gasteiger partial charge in [-0.25, -0.2) is 4.79 Å². The van der Waals surface area contributed by atoms with Gasteiger partial charge in [0.25, 0.3) is 0 Å². The first-order valence-corrected chi connectivity index (χ1v) is 4.86. The molecule has 0 aliphatic carbocycles. The molecule has 3 heteroatoms. The number of imidazole rings is 1. The lowest BCUT2D eigenvalue weighted by Gasteiger charge is -1.98. The lowest BCUT2D eigenvalue weighted by atomic mass is 10.1. The molecule has 1 aromatic carbocycles. The van der Waals surface area contributed by atoms with Crippen LogP contribution in [0, 0.1) is 13.8 Å². The second kappa shape index (κ2) is 4.13. The van der Waals surface area contributed by atoms with Crippen LogP contribution in [-0.2, 0) is 0 Å². The van der Waals surface area contributed by atoms with Crippen LogP contribution in [0.1, 0.15) is 25.0 Å². The number of fused-ring (bicyclic) bond motifs is 1. The van der Waals surface area contributed by atoms with Crippen molar-refractivity contribution in [3.05, 3.63) is 33.7 Å². The third-order valence-electron chi connectivity index (χ3n) is 2.22. The number of H-pyrrole nitrogens is 2. The Morgan fingerprint density at radius 2 is 1.71 bits per heavy atom. The van der Waals surface area contributed by atoms with Crippen molar-refractivity contribution in [1.82, 2.24) is 9.97 Å². The molecule has 76 valence electrons. The molecule has 0 fully saturated rings. The van der Waals surface area contributed by atoms with E-state index in [0.717, 1.165) is 16.6 Å². The Kier molecular flexibility index (Phi) is 3.12. The molecule has 0 spiro atoms. The van der Waals surface area contributed by atoms with Gasteiger partial charge in [-0.1, -0.05) is 19.9 Å². The van der Waals surface area contributed by atoms with Crippen LogP contribution in [0.25, 0.3) is 11.0 Å². The lowest BCUT2D eigenvalue weighted by Crippen LogP contribution is -1.99. The fraction of sp³-hybridized carbons (Fsp3) is 0.364. The van der Waals surface area contributed by atoms with Crippen LogP contribution in [0.4, 0.5) is 0 Å². The maximum Gasteiger partial charge on any atom is 0.323 e. The van der Waals surface area contributed by atoms with Gasteiger partial charge < -0.3 is 9.97 Å². The number of nitrogens with one attached hydrogen (secondary N) is 2. The Morgan fingerprint density at radius 3 is 2.36 bits per heavy atom. The maximum absolute atomic E-state index is 10.9. The highest BCUT2D eigenvalue weighted by atomic mass is 16.1. The van der Waals surface area contributed by atoms with Crippen molar-refractivity contribution in [2.24, 2.45) is 0 Å². The highest BCUT2D eigenvalue weighted by Crippen LogP contribution is 2.15. The average molecular weight is 192 g/mol. The number of aromatic amines is 2. The molecule has 0 saturated heterocycles. The van der Waals surface area contributed by atoms with Crippen LogP contribution in [0.15, 0.2) is 16.9 Å². The molecule has 1 heterocycles. The normalized spacial score (nSPS) is 9.71. The zero-order chi connectivity index (χ0) is 10.7. The highest BCUT2D eigenvalue weighted by molar-refractivity contribution is 5.79. The SMILES string of the molecule is CC.Cc1ccc2[nH]c(=O)[nH]c2c1C. The number of rotatable bonds is 0. The molecular weight excluding hydrogens is 176 g/mol. The molecule has 0 bridgehead atoms. The first-order valence-electron chi connectivity index (χ1n) is 4.86. The molecule has 0 aliphatic heterocycles. The van der Waals surface area contributed by atoms with Crippen LogP contribution in [0.3, 0.4) is 0 Å². The van der Waals surface area contributed by atoms with E-state index in [0.29, 0.717) is 0 Å². The van der Waals surface area contributed by atoms with E-state index in [1.807, 2.05) is 39.8 Å². The second-order valence-electron chi connectivity index (χ2n) is 3.01. The van der Waals surface area contributed by atoms with Crippen molar-refractivity contribution < 1.29 is 0 Å². The quantitative estimate of drug-likeness (QED) is 0.662. The summed E-state index contributed by atoms with van der Waals surface area (Å²) >= 11 is 0. The maximum atomic E-state index is 10.9. The van der Waals surface area contributed by atoms with E-state index in [4.69, 9.17) is 0 Å². The third-order valence-corrected chi connectivity index (χ3v) is 2.22. The summed E-state index contributed by atoms with van der Waals surface area (Å²) in [4.78, 5) is 16.4. The van der Waals surface area contributed by atoms with Crippen molar-refractivity contribution in [2.45, 2.75) is 27.7 Å². The molecule has 1 aromatic heterocycles. The van der Waals surface area contributed by atoms with Gasteiger partial charge in [0, 0.05) is 0 Å². The first kappa shape index (κ1) is 10.6. The Bertz CT molecular complexity index is 479. The Hall–Kier alpha value is -1.51. The van der Waals surface area contributed by atoms with Gasteiger partial charge in [-0.05, 0) is 31.0 Å². The minimum Gasteiger partial charge on any atom is -0.306 e. The van der Waals surface area contributed by atoms with Crippen LogP contribution >= 0.6 is 0 Å². The second-order valence-corrected chi connectivity index (χ2v) is 3.01. The van der Waals surface area contributed by atoms with Gasteiger partial charge >= 0.3 is 5.69 Å². The summed E-state index contributed by atoms with van der Waals surface area (Å²) in [6, 6.07) is 3.91. The molecule has 2 N–H and O–H groups in total. The van der Waals surface area contributed by atoms with E-state index in [2.05, 4.69) is 9.97 Å². The van der Waals surface area contributed by atoms with Gasteiger partial charge in [0.2, 0.25) is 0 Å². The molecule has 0 atom stereocenters. The molecule has 14 heavy (non-hydrogen) atoms. The van der Waals surface area contributed by atoms with Gasteiger partial charge in [0.15, 0.2) is 0 Å². The van der Waals surface area contributed by atoms with Gasteiger partial charge in [-0.2, -0.15) is 0 Å². The van der Waals surface area contributed by atoms with Gasteiger partial charge in [-0.15, -0.1) is 0 Å².